The summed E-state index contributed by atoms with van der Waals surface area (Å²) in [5, 5.41) is 5.58. The van der Waals surface area contributed by atoms with Crippen LogP contribution in [0.5, 0.6) is 0 Å². The molecule has 3 N–H and O–H groups in total. The Morgan fingerprint density at radius 3 is 3.00 bits per heavy atom. The Morgan fingerprint density at radius 2 is 2.32 bits per heavy atom. The first kappa shape index (κ1) is 13.0. The van der Waals surface area contributed by atoms with Gasteiger partial charge in [0.05, 0.1) is 10.9 Å². The highest BCUT2D eigenvalue weighted by molar-refractivity contribution is 7.39. The first-order valence-electron chi connectivity index (χ1n) is 6.17. The van der Waals surface area contributed by atoms with Crippen LogP contribution in [0.2, 0.25) is 0 Å². The predicted octanol–water partition coefficient (Wildman–Crippen LogP) is 2.05. The number of nitrogens with two attached hydrogens (primary N) is 1. The lowest BCUT2D eigenvalue weighted by atomic mass is 9.79. The maximum Gasteiger partial charge on any atom is 0.233 e. The number of nitrogens with zero attached hydrogens (tertiary/aromatic N) is 1. The molecule has 1 amide bonds. The van der Waals surface area contributed by atoms with Crippen molar-refractivity contribution in [1.29, 1.82) is 0 Å². The summed E-state index contributed by atoms with van der Waals surface area (Å²) in [7, 11) is 0. The fraction of sp³-hybridized carbons (Fsp3) is 0.500. The Labute approximate surface area is 118 Å². The third-order valence-electron chi connectivity index (χ3n) is 3.56. The zero-order chi connectivity index (χ0) is 13.3. The largest absolute Gasteiger partial charge is 0.381 e. The second kappa shape index (κ2) is 5.16. The van der Waals surface area contributed by atoms with Crippen molar-refractivity contribution in [2.24, 2.45) is 11.1 Å². The molecule has 1 saturated heterocycles. The third-order valence-corrected chi connectivity index (χ3v) is 5.58. The van der Waals surface area contributed by atoms with Gasteiger partial charge in [-0.05, 0) is 24.3 Å². The van der Waals surface area contributed by atoms with E-state index in [1.807, 2.05) is 11.4 Å². The highest BCUT2D eigenvalue weighted by atomic mass is 32.2. The molecule has 1 aliphatic rings. The molecule has 7 heteroatoms. The summed E-state index contributed by atoms with van der Waals surface area (Å²) in [5.74, 6) is -0.0281. The maximum atomic E-state index is 12.4. The first-order chi connectivity index (χ1) is 9.23. The van der Waals surface area contributed by atoms with Crippen LogP contribution >= 0.6 is 22.7 Å². The molecule has 0 radical (unpaired) electrons. The van der Waals surface area contributed by atoms with Gasteiger partial charge in [0.2, 0.25) is 5.91 Å². The van der Waals surface area contributed by atoms with Crippen LogP contribution in [-0.4, -0.2) is 30.6 Å². The minimum Gasteiger partial charge on any atom is -0.381 e. The average molecular weight is 297 g/mol. The van der Waals surface area contributed by atoms with Gasteiger partial charge in [-0.2, -0.15) is 0 Å². The normalized spacial score (nSPS) is 18.6. The van der Waals surface area contributed by atoms with Gasteiger partial charge in [0.1, 0.15) is 4.01 Å². The fourth-order valence-electron chi connectivity index (χ4n) is 2.24. The Balaban J connectivity index is 1.77. The SMILES string of the molecule is NCC1(C(=O)Nc2nc3ccsc3s2)CCOCC1. The number of nitrogens with one attached hydrogen (secondary N) is 1. The molecule has 0 aliphatic carbocycles. The molecule has 0 spiro atoms. The second-order valence-electron chi connectivity index (χ2n) is 4.66. The van der Waals surface area contributed by atoms with Crippen molar-refractivity contribution in [3.05, 3.63) is 11.4 Å². The molecule has 1 aliphatic heterocycles. The van der Waals surface area contributed by atoms with Crippen LogP contribution in [0.25, 0.3) is 9.53 Å². The van der Waals surface area contributed by atoms with Gasteiger partial charge in [0.15, 0.2) is 5.13 Å². The quantitative estimate of drug-likeness (QED) is 0.909. The molecule has 3 heterocycles. The van der Waals surface area contributed by atoms with Crippen LogP contribution in [0.4, 0.5) is 5.13 Å². The van der Waals surface area contributed by atoms with Crippen molar-refractivity contribution in [3.63, 3.8) is 0 Å². The van der Waals surface area contributed by atoms with Gasteiger partial charge in [-0.1, -0.05) is 11.3 Å². The van der Waals surface area contributed by atoms with E-state index in [1.165, 1.54) is 11.3 Å². The summed E-state index contributed by atoms with van der Waals surface area (Å²) in [6, 6.07) is 1.96. The number of fused-ring (bicyclic) bond motifs is 1. The first-order valence-corrected chi connectivity index (χ1v) is 7.86. The van der Waals surface area contributed by atoms with Gasteiger partial charge in [0, 0.05) is 19.8 Å². The summed E-state index contributed by atoms with van der Waals surface area (Å²) in [5.41, 5.74) is 6.26. The van der Waals surface area contributed by atoms with Gasteiger partial charge >= 0.3 is 0 Å². The van der Waals surface area contributed by atoms with E-state index in [-0.39, 0.29) is 5.91 Å². The summed E-state index contributed by atoms with van der Waals surface area (Å²) >= 11 is 3.14. The summed E-state index contributed by atoms with van der Waals surface area (Å²) in [6.45, 7) is 1.54. The minimum absolute atomic E-state index is 0.0281. The minimum atomic E-state index is -0.503. The molecule has 3 rings (SSSR count). The van der Waals surface area contributed by atoms with Crippen molar-refractivity contribution in [2.75, 3.05) is 25.1 Å². The number of anilines is 1. The summed E-state index contributed by atoms with van der Waals surface area (Å²) in [4.78, 5) is 16.8. The number of amides is 1. The highest BCUT2D eigenvalue weighted by Gasteiger charge is 2.39. The van der Waals surface area contributed by atoms with Crippen molar-refractivity contribution in [3.8, 4) is 0 Å². The molecular formula is C12H15N3O2S2. The zero-order valence-electron chi connectivity index (χ0n) is 10.3. The van der Waals surface area contributed by atoms with Crippen LogP contribution in [0.1, 0.15) is 12.8 Å². The number of aromatic nitrogens is 1. The Bertz CT molecular complexity index is 558. The molecule has 0 unspecified atom stereocenters. The van der Waals surface area contributed by atoms with Crippen molar-refractivity contribution >= 4 is 43.2 Å². The number of carbonyl (C=O) groups is 1. The molecule has 2 aromatic heterocycles. The lowest BCUT2D eigenvalue weighted by Gasteiger charge is -2.34. The highest BCUT2D eigenvalue weighted by Crippen LogP contribution is 2.34. The van der Waals surface area contributed by atoms with Gasteiger partial charge in [-0.15, -0.1) is 11.3 Å². The van der Waals surface area contributed by atoms with E-state index in [2.05, 4.69) is 10.3 Å². The summed E-state index contributed by atoms with van der Waals surface area (Å²) in [6.07, 6.45) is 1.35. The number of hydrogen-bond acceptors (Lipinski definition) is 6. The van der Waals surface area contributed by atoms with Crippen LogP contribution in [-0.2, 0) is 9.53 Å². The maximum absolute atomic E-state index is 12.4. The fourth-order valence-corrected chi connectivity index (χ4v) is 4.07. The van der Waals surface area contributed by atoms with Gasteiger partial charge < -0.3 is 15.8 Å². The van der Waals surface area contributed by atoms with Gasteiger partial charge in [-0.3, -0.25) is 4.79 Å². The van der Waals surface area contributed by atoms with Crippen LogP contribution in [0, 0.1) is 5.41 Å². The van der Waals surface area contributed by atoms with Crippen LogP contribution in [0.3, 0.4) is 0 Å². The van der Waals surface area contributed by atoms with Crippen molar-refractivity contribution in [1.82, 2.24) is 4.98 Å². The van der Waals surface area contributed by atoms with E-state index in [1.54, 1.807) is 11.3 Å². The number of rotatable bonds is 3. The second-order valence-corrected chi connectivity index (χ2v) is 6.84. The monoisotopic (exact) mass is 297 g/mol. The van der Waals surface area contributed by atoms with E-state index in [0.29, 0.717) is 37.7 Å². The smallest absolute Gasteiger partial charge is 0.233 e. The lowest BCUT2D eigenvalue weighted by molar-refractivity contribution is -0.130. The molecular weight excluding hydrogens is 282 g/mol. The van der Waals surface area contributed by atoms with E-state index in [9.17, 15) is 4.79 Å². The number of thiophene rings is 1. The van der Waals surface area contributed by atoms with E-state index in [4.69, 9.17) is 10.5 Å². The van der Waals surface area contributed by atoms with E-state index in [0.717, 1.165) is 9.53 Å². The Hall–Kier alpha value is -1.02. The Morgan fingerprint density at radius 1 is 1.53 bits per heavy atom. The number of thiazole rings is 1. The molecule has 0 saturated carbocycles. The van der Waals surface area contributed by atoms with E-state index < -0.39 is 5.41 Å². The molecule has 1 fully saturated rings. The number of ether oxygens (including phenoxy) is 1. The topological polar surface area (TPSA) is 77.2 Å². The zero-order valence-corrected chi connectivity index (χ0v) is 12.0. The molecule has 2 aromatic rings. The standard InChI is InChI=1S/C12H15N3O2S2/c13-7-12(2-4-17-5-3-12)10(16)15-11-14-8-1-6-18-9(8)19-11/h1,6H,2-5,7,13H2,(H,14,15,16). The van der Waals surface area contributed by atoms with Crippen molar-refractivity contribution in [2.45, 2.75) is 12.8 Å². The third kappa shape index (κ3) is 2.38. The average Bonchev–Trinajstić information content (AvgIpc) is 3.00. The van der Waals surface area contributed by atoms with E-state index >= 15 is 0 Å². The molecule has 0 bridgehead atoms. The Kier molecular flexibility index (Phi) is 3.53. The van der Waals surface area contributed by atoms with Crippen LogP contribution in [0.15, 0.2) is 11.4 Å². The number of hydrogen-bond donors (Lipinski definition) is 2. The molecule has 5 nitrogen and oxygen atoms in total. The molecule has 19 heavy (non-hydrogen) atoms. The summed E-state index contributed by atoms with van der Waals surface area (Å²) < 4.78 is 6.44. The lowest BCUT2D eigenvalue weighted by Crippen LogP contribution is -2.46. The van der Waals surface area contributed by atoms with Crippen LogP contribution < -0.4 is 11.1 Å². The molecule has 0 atom stereocenters. The molecule has 0 aromatic carbocycles. The van der Waals surface area contributed by atoms with Crippen molar-refractivity contribution < 1.29 is 9.53 Å². The number of carbonyl (C=O) groups excluding carboxylic acids is 1. The van der Waals surface area contributed by atoms with Gasteiger partial charge in [-0.25, -0.2) is 4.98 Å². The predicted molar refractivity (Wildman–Crippen MR) is 77.7 cm³/mol. The van der Waals surface area contributed by atoms with Gasteiger partial charge in [0.25, 0.3) is 0 Å². The molecule has 102 valence electrons.